The van der Waals surface area contributed by atoms with Crippen molar-refractivity contribution in [2.45, 2.75) is 45.1 Å². The van der Waals surface area contributed by atoms with Crippen LogP contribution in [0.3, 0.4) is 0 Å². The number of benzene rings is 1. The van der Waals surface area contributed by atoms with Gasteiger partial charge in [-0.15, -0.1) is 0 Å². The lowest BCUT2D eigenvalue weighted by Gasteiger charge is -2.32. The van der Waals surface area contributed by atoms with Crippen LogP contribution in [0.1, 0.15) is 49.4 Å². The van der Waals surface area contributed by atoms with Gasteiger partial charge in [-0.25, -0.2) is 0 Å². The molecule has 1 saturated heterocycles. The predicted octanol–water partition coefficient (Wildman–Crippen LogP) is 3.25. The van der Waals surface area contributed by atoms with E-state index < -0.39 is 0 Å². The summed E-state index contributed by atoms with van der Waals surface area (Å²) in [6.07, 6.45) is 4.24. The van der Waals surface area contributed by atoms with Crippen molar-refractivity contribution in [3.63, 3.8) is 0 Å². The molecule has 0 aliphatic carbocycles. The van der Waals surface area contributed by atoms with Gasteiger partial charge in [0.05, 0.1) is 0 Å². The number of unbranched alkanes of at least 4 members (excludes halogenated alkanes) is 1. The zero-order chi connectivity index (χ0) is 15.9. The minimum atomic E-state index is -0.0988. The number of carbonyl (C=O) groups is 2. The van der Waals surface area contributed by atoms with Crippen molar-refractivity contribution in [2.24, 2.45) is 0 Å². The highest BCUT2D eigenvalue weighted by atomic mass is 35.5. The summed E-state index contributed by atoms with van der Waals surface area (Å²) in [4.78, 5) is 26.1. The highest BCUT2D eigenvalue weighted by Gasteiger charge is 2.23. The topological polar surface area (TPSA) is 49.4 Å². The second kappa shape index (κ2) is 8.18. The molecule has 1 aliphatic rings. The van der Waals surface area contributed by atoms with E-state index in [2.05, 4.69) is 12.2 Å². The van der Waals surface area contributed by atoms with Crippen LogP contribution in [0.25, 0.3) is 0 Å². The van der Waals surface area contributed by atoms with Gasteiger partial charge < -0.3 is 10.2 Å². The number of likely N-dealkylation sites (tertiary alicyclic amines) is 1. The van der Waals surface area contributed by atoms with E-state index in [-0.39, 0.29) is 17.9 Å². The summed E-state index contributed by atoms with van der Waals surface area (Å²) in [6, 6.07) is 7.07. The van der Waals surface area contributed by atoms with Gasteiger partial charge in [0.2, 0.25) is 5.91 Å². The van der Waals surface area contributed by atoms with Gasteiger partial charge >= 0.3 is 0 Å². The third-order valence-corrected chi connectivity index (χ3v) is 4.25. The van der Waals surface area contributed by atoms with Gasteiger partial charge in [0.15, 0.2) is 0 Å². The molecule has 0 radical (unpaired) electrons. The second-order valence-corrected chi connectivity index (χ2v) is 6.18. The summed E-state index contributed by atoms with van der Waals surface area (Å²) < 4.78 is 0. The monoisotopic (exact) mass is 322 g/mol. The third-order valence-electron chi connectivity index (χ3n) is 4.01. The Kier molecular flexibility index (Phi) is 6.25. The molecule has 1 aromatic rings. The number of hydrogen-bond donors (Lipinski definition) is 1. The van der Waals surface area contributed by atoms with Crippen LogP contribution in [0.5, 0.6) is 0 Å². The Morgan fingerprint density at radius 2 is 2.05 bits per heavy atom. The Balaban J connectivity index is 1.80. The quantitative estimate of drug-likeness (QED) is 0.904. The molecule has 0 bridgehead atoms. The van der Waals surface area contributed by atoms with Gasteiger partial charge in [0, 0.05) is 36.1 Å². The Morgan fingerprint density at radius 1 is 1.32 bits per heavy atom. The van der Waals surface area contributed by atoms with Gasteiger partial charge in [-0.05, 0) is 37.5 Å². The highest BCUT2D eigenvalue weighted by molar-refractivity contribution is 6.30. The normalized spacial score (nSPS) is 15.6. The summed E-state index contributed by atoms with van der Waals surface area (Å²) >= 11 is 5.90. The molecule has 22 heavy (non-hydrogen) atoms. The lowest BCUT2D eigenvalue weighted by Crippen LogP contribution is -2.46. The van der Waals surface area contributed by atoms with Crippen molar-refractivity contribution in [3.05, 3.63) is 34.9 Å². The van der Waals surface area contributed by atoms with Crippen molar-refractivity contribution in [1.29, 1.82) is 0 Å². The number of nitrogens with zero attached hydrogens (tertiary/aromatic N) is 1. The van der Waals surface area contributed by atoms with Crippen molar-refractivity contribution in [1.82, 2.24) is 10.2 Å². The molecule has 1 N–H and O–H groups in total. The van der Waals surface area contributed by atoms with Crippen molar-refractivity contribution in [2.75, 3.05) is 13.1 Å². The van der Waals surface area contributed by atoms with E-state index in [1.54, 1.807) is 24.3 Å². The van der Waals surface area contributed by atoms with E-state index in [1.807, 2.05) is 4.90 Å². The Morgan fingerprint density at radius 3 is 2.68 bits per heavy atom. The molecule has 5 heteroatoms. The molecule has 0 spiro atoms. The fourth-order valence-corrected chi connectivity index (χ4v) is 2.85. The molecule has 2 rings (SSSR count). The number of amides is 2. The van der Waals surface area contributed by atoms with Crippen LogP contribution >= 0.6 is 11.6 Å². The maximum Gasteiger partial charge on any atom is 0.251 e. The van der Waals surface area contributed by atoms with Crippen molar-refractivity contribution >= 4 is 23.4 Å². The van der Waals surface area contributed by atoms with Crippen LogP contribution in [0, 0.1) is 0 Å². The molecule has 0 saturated carbocycles. The molecule has 1 aliphatic heterocycles. The zero-order valence-electron chi connectivity index (χ0n) is 13.0. The van der Waals surface area contributed by atoms with E-state index in [9.17, 15) is 9.59 Å². The standard InChI is InChI=1S/C17H23ClN2O2/c1-2-3-7-16(21)20-10-8-15(9-11-20)19-17(22)13-5-4-6-14(18)12-13/h4-6,12,15H,2-3,7-11H2,1H3,(H,19,22). The Bertz CT molecular complexity index is 525. The molecule has 4 nitrogen and oxygen atoms in total. The van der Waals surface area contributed by atoms with Crippen LogP contribution in [0.2, 0.25) is 5.02 Å². The highest BCUT2D eigenvalue weighted by Crippen LogP contribution is 2.15. The van der Waals surface area contributed by atoms with Crippen molar-refractivity contribution < 1.29 is 9.59 Å². The molecular weight excluding hydrogens is 300 g/mol. The van der Waals surface area contributed by atoms with E-state index in [0.29, 0.717) is 17.0 Å². The van der Waals surface area contributed by atoms with Crippen molar-refractivity contribution in [3.8, 4) is 0 Å². The Labute approximate surface area is 136 Å². The van der Waals surface area contributed by atoms with Gasteiger partial charge in [0.1, 0.15) is 0 Å². The number of nitrogens with one attached hydrogen (secondary N) is 1. The summed E-state index contributed by atoms with van der Waals surface area (Å²) in [5.74, 6) is 0.139. The predicted molar refractivity (Wildman–Crippen MR) is 88.0 cm³/mol. The molecule has 120 valence electrons. The van der Waals surface area contributed by atoms with Crippen LogP contribution in [-0.2, 0) is 4.79 Å². The number of halogens is 1. The number of carbonyl (C=O) groups excluding carboxylic acids is 2. The Hall–Kier alpha value is -1.55. The van der Waals surface area contributed by atoms with Gasteiger partial charge in [-0.1, -0.05) is 31.0 Å². The SMILES string of the molecule is CCCCC(=O)N1CCC(NC(=O)c2cccc(Cl)c2)CC1. The fourth-order valence-electron chi connectivity index (χ4n) is 2.66. The molecule has 2 amide bonds. The number of piperidine rings is 1. The molecule has 1 heterocycles. The second-order valence-electron chi connectivity index (χ2n) is 5.74. The van der Waals surface area contributed by atoms with Gasteiger partial charge in [-0.3, -0.25) is 9.59 Å². The summed E-state index contributed by atoms with van der Waals surface area (Å²) in [5, 5.41) is 3.59. The maximum atomic E-state index is 12.2. The van der Waals surface area contributed by atoms with E-state index in [1.165, 1.54) is 0 Å². The minimum absolute atomic E-state index is 0.0988. The first-order chi connectivity index (χ1) is 10.6. The van der Waals surface area contributed by atoms with E-state index in [0.717, 1.165) is 38.8 Å². The maximum absolute atomic E-state index is 12.2. The number of rotatable bonds is 5. The smallest absolute Gasteiger partial charge is 0.251 e. The molecule has 0 unspecified atom stereocenters. The largest absolute Gasteiger partial charge is 0.349 e. The van der Waals surface area contributed by atoms with Crippen LogP contribution in [0.4, 0.5) is 0 Å². The van der Waals surface area contributed by atoms with Gasteiger partial charge in [0.25, 0.3) is 5.91 Å². The molecular formula is C17H23ClN2O2. The summed E-state index contributed by atoms with van der Waals surface area (Å²) in [6.45, 7) is 3.54. The molecule has 0 aromatic heterocycles. The average molecular weight is 323 g/mol. The lowest BCUT2D eigenvalue weighted by atomic mass is 10.0. The molecule has 1 fully saturated rings. The first-order valence-corrected chi connectivity index (χ1v) is 8.32. The third kappa shape index (κ3) is 4.73. The fraction of sp³-hybridized carbons (Fsp3) is 0.529. The van der Waals surface area contributed by atoms with Crippen LogP contribution in [-0.4, -0.2) is 35.8 Å². The first kappa shape index (κ1) is 16.8. The molecule has 1 aromatic carbocycles. The molecule has 0 atom stereocenters. The first-order valence-electron chi connectivity index (χ1n) is 7.94. The van der Waals surface area contributed by atoms with Crippen LogP contribution in [0.15, 0.2) is 24.3 Å². The van der Waals surface area contributed by atoms with Gasteiger partial charge in [-0.2, -0.15) is 0 Å². The lowest BCUT2D eigenvalue weighted by molar-refractivity contribution is -0.132. The zero-order valence-corrected chi connectivity index (χ0v) is 13.7. The average Bonchev–Trinajstić information content (AvgIpc) is 2.53. The van der Waals surface area contributed by atoms with E-state index in [4.69, 9.17) is 11.6 Å². The van der Waals surface area contributed by atoms with Crippen LogP contribution < -0.4 is 5.32 Å². The van der Waals surface area contributed by atoms with E-state index >= 15 is 0 Å². The summed E-state index contributed by atoms with van der Waals surface area (Å²) in [7, 11) is 0. The minimum Gasteiger partial charge on any atom is -0.349 e. The number of hydrogen-bond acceptors (Lipinski definition) is 2. The summed E-state index contributed by atoms with van der Waals surface area (Å²) in [5.41, 5.74) is 0.578.